The van der Waals surface area contributed by atoms with Gasteiger partial charge < -0.3 is 10.0 Å². The van der Waals surface area contributed by atoms with Crippen LogP contribution < -0.4 is 0 Å². The smallest absolute Gasteiger partial charge is 0.0499 e. The van der Waals surface area contributed by atoms with Crippen molar-refractivity contribution in [3.05, 3.63) is 36.5 Å². The van der Waals surface area contributed by atoms with Gasteiger partial charge in [-0.15, -0.1) is 0 Å². The zero-order chi connectivity index (χ0) is 14.7. The van der Waals surface area contributed by atoms with Crippen LogP contribution in [0.1, 0.15) is 40.0 Å². The standard InChI is InChI=1S/C17H31NO/c1-6-10-11-16(8-3)13-18(5)14-17(9-4,15-19)12-7-2/h6,8,10-11,19H,3,7,9,12-15H2,1-2,4-5H3/b10-6-,16-11+. The number of aliphatic hydroxyl groups is 1. The summed E-state index contributed by atoms with van der Waals surface area (Å²) in [6.07, 6.45) is 11.3. The van der Waals surface area contributed by atoms with E-state index in [1.165, 1.54) is 5.57 Å². The molecule has 0 aromatic heterocycles. The lowest BCUT2D eigenvalue weighted by Gasteiger charge is -2.35. The molecule has 0 saturated carbocycles. The molecule has 0 aromatic carbocycles. The van der Waals surface area contributed by atoms with Gasteiger partial charge in [-0.1, -0.05) is 51.2 Å². The molecule has 0 saturated heterocycles. The van der Waals surface area contributed by atoms with Crippen LogP contribution in [-0.2, 0) is 0 Å². The van der Waals surface area contributed by atoms with Gasteiger partial charge in [-0.05, 0) is 32.4 Å². The maximum atomic E-state index is 9.72. The van der Waals surface area contributed by atoms with Crippen molar-refractivity contribution in [2.24, 2.45) is 5.41 Å². The summed E-state index contributed by atoms with van der Waals surface area (Å²) in [5, 5.41) is 9.72. The summed E-state index contributed by atoms with van der Waals surface area (Å²) in [7, 11) is 2.11. The molecule has 2 heteroatoms. The van der Waals surface area contributed by atoms with E-state index in [-0.39, 0.29) is 12.0 Å². The monoisotopic (exact) mass is 265 g/mol. The van der Waals surface area contributed by atoms with Gasteiger partial charge in [-0.25, -0.2) is 0 Å². The van der Waals surface area contributed by atoms with Gasteiger partial charge >= 0.3 is 0 Å². The van der Waals surface area contributed by atoms with Crippen molar-refractivity contribution < 1.29 is 5.11 Å². The molecule has 19 heavy (non-hydrogen) atoms. The summed E-state index contributed by atoms with van der Waals surface area (Å²) in [6.45, 7) is 12.3. The summed E-state index contributed by atoms with van der Waals surface area (Å²) >= 11 is 0. The minimum atomic E-state index is 0.0381. The highest BCUT2D eigenvalue weighted by Gasteiger charge is 2.27. The second kappa shape index (κ2) is 9.99. The molecule has 0 aromatic rings. The predicted octanol–water partition coefficient (Wildman–Crippen LogP) is 3.80. The SMILES string of the molecule is C=C/C(=C\C=C/C)CN(C)CC(CC)(CO)CCC. The Bertz CT molecular complexity index is 300. The first-order valence-corrected chi connectivity index (χ1v) is 7.31. The first kappa shape index (κ1) is 18.1. The van der Waals surface area contributed by atoms with E-state index in [1.54, 1.807) is 0 Å². The molecule has 0 radical (unpaired) electrons. The van der Waals surface area contributed by atoms with Crippen LogP contribution in [0, 0.1) is 5.41 Å². The fourth-order valence-corrected chi connectivity index (χ4v) is 2.48. The maximum absolute atomic E-state index is 9.72. The summed E-state index contributed by atoms with van der Waals surface area (Å²) < 4.78 is 0. The maximum Gasteiger partial charge on any atom is 0.0499 e. The number of hydrogen-bond acceptors (Lipinski definition) is 2. The average molecular weight is 265 g/mol. The van der Waals surface area contributed by atoms with Crippen LogP contribution >= 0.6 is 0 Å². The largest absolute Gasteiger partial charge is 0.396 e. The summed E-state index contributed by atoms with van der Waals surface area (Å²) in [6, 6.07) is 0. The van der Waals surface area contributed by atoms with Crippen molar-refractivity contribution in [3.8, 4) is 0 Å². The van der Waals surface area contributed by atoms with E-state index in [9.17, 15) is 5.11 Å². The van der Waals surface area contributed by atoms with Crippen molar-refractivity contribution in [1.82, 2.24) is 4.90 Å². The van der Waals surface area contributed by atoms with E-state index in [2.05, 4.69) is 38.5 Å². The van der Waals surface area contributed by atoms with Crippen molar-refractivity contribution in [1.29, 1.82) is 0 Å². The van der Waals surface area contributed by atoms with E-state index in [1.807, 2.05) is 25.2 Å². The third-order valence-electron chi connectivity index (χ3n) is 3.69. The third kappa shape index (κ3) is 6.74. The van der Waals surface area contributed by atoms with Crippen molar-refractivity contribution >= 4 is 0 Å². The summed E-state index contributed by atoms with van der Waals surface area (Å²) in [5.74, 6) is 0. The van der Waals surface area contributed by atoms with Gasteiger partial charge in [0.15, 0.2) is 0 Å². The predicted molar refractivity (Wildman–Crippen MR) is 85.3 cm³/mol. The molecule has 0 fully saturated rings. The Labute approximate surface area is 119 Å². The molecule has 2 nitrogen and oxygen atoms in total. The topological polar surface area (TPSA) is 23.5 Å². The highest BCUT2D eigenvalue weighted by Crippen LogP contribution is 2.28. The number of aliphatic hydroxyl groups excluding tert-OH is 1. The Morgan fingerprint density at radius 2 is 2.05 bits per heavy atom. The summed E-state index contributed by atoms with van der Waals surface area (Å²) in [5.41, 5.74) is 1.25. The normalized spacial score (nSPS) is 16.0. The Hall–Kier alpha value is -0.860. The molecule has 0 aliphatic rings. The molecule has 0 heterocycles. The average Bonchev–Trinajstić information content (AvgIpc) is 2.42. The lowest BCUT2D eigenvalue weighted by molar-refractivity contribution is 0.0735. The zero-order valence-electron chi connectivity index (χ0n) is 13.2. The second-order valence-corrected chi connectivity index (χ2v) is 5.41. The lowest BCUT2D eigenvalue weighted by Crippen LogP contribution is -2.38. The van der Waals surface area contributed by atoms with Crippen LogP contribution in [0.25, 0.3) is 0 Å². The van der Waals surface area contributed by atoms with Crippen LogP contribution in [0.2, 0.25) is 0 Å². The van der Waals surface area contributed by atoms with Gasteiger partial charge in [0, 0.05) is 25.1 Å². The van der Waals surface area contributed by atoms with Crippen LogP contribution in [0.4, 0.5) is 0 Å². The minimum absolute atomic E-state index is 0.0381. The fourth-order valence-electron chi connectivity index (χ4n) is 2.48. The van der Waals surface area contributed by atoms with Crippen LogP contribution in [0.15, 0.2) is 36.5 Å². The van der Waals surface area contributed by atoms with Gasteiger partial charge in [-0.2, -0.15) is 0 Å². The van der Waals surface area contributed by atoms with E-state index in [0.29, 0.717) is 0 Å². The van der Waals surface area contributed by atoms with Crippen molar-refractivity contribution in [2.45, 2.75) is 40.0 Å². The molecule has 1 N–H and O–H groups in total. The molecular formula is C17H31NO. The number of likely N-dealkylation sites (N-methyl/N-ethyl adjacent to an activating group) is 1. The molecule has 0 spiro atoms. The van der Waals surface area contributed by atoms with E-state index >= 15 is 0 Å². The molecule has 0 aliphatic carbocycles. The second-order valence-electron chi connectivity index (χ2n) is 5.41. The quantitative estimate of drug-likeness (QED) is 0.607. The molecule has 1 atom stereocenters. The molecule has 0 bridgehead atoms. The highest BCUT2D eigenvalue weighted by molar-refractivity contribution is 5.23. The minimum Gasteiger partial charge on any atom is -0.396 e. The highest BCUT2D eigenvalue weighted by atomic mass is 16.3. The van der Waals surface area contributed by atoms with Gasteiger partial charge in [0.25, 0.3) is 0 Å². The molecule has 110 valence electrons. The van der Waals surface area contributed by atoms with Crippen molar-refractivity contribution in [3.63, 3.8) is 0 Å². The molecule has 0 amide bonds. The Balaban J connectivity index is 4.64. The van der Waals surface area contributed by atoms with E-state index in [0.717, 1.165) is 32.4 Å². The summed E-state index contributed by atoms with van der Waals surface area (Å²) in [4.78, 5) is 2.28. The Kier molecular flexibility index (Phi) is 9.54. The first-order chi connectivity index (χ1) is 9.07. The zero-order valence-corrected chi connectivity index (χ0v) is 13.2. The van der Waals surface area contributed by atoms with Gasteiger partial charge in [-0.3, -0.25) is 0 Å². The van der Waals surface area contributed by atoms with Gasteiger partial charge in [0.05, 0.1) is 0 Å². The molecule has 0 rings (SSSR count). The van der Waals surface area contributed by atoms with Gasteiger partial charge in [0.1, 0.15) is 0 Å². The Morgan fingerprint density at radius 3 is 2.47 bits per heavy atom. The molecule has 0 aliphatic heterocycles. The van der Waals surface area contributed by atoms with Crippen LogP contribution in [-0.4, -0.2) is 36.8 Å². The number of rotatable bonds is 10. The Morgan fingerprint density at radius 1 is 1.37 bits per heavy atom. The number of allylic oxidation sites excluding steroid dienone is 3. The van der Waals surface area contributed by atoms with E-state index in [4.69, 9.17) is 0 Å². The third-order valence-corrected chi connectivity index (χ3v) is 3.69. The first-order valence-electron chi connectivity index (χ1n) is 7.31. The fraction of sp³-hybridized carbons (Fsp3) is 0.647. The van der Waals surface area contributed by atoms with Crippen LogP contribution in [0.5, 0.6) is 0 Å². The number of nitrogens with zero attached hydrogens (tertiary/aromatic N) is 1. The number of hydrogen-bond donors (Lipinski definition) is 1. The molecule has 1 unspecified atom stereocenters. The lowest BCUT2D eigenvalue weighted by atomic mass is 9.81. The van der Waals surface area contributed by atoms with Gasteiger partial charge in [0.2, 0.25) is 0 Å². The molecular weight excluding hydrogens is 234 g/mol. The van der Waals surface area contributed by atoms with Crippen LogP contribution in [0.3, 0.4) is 0 Å². The van der Waals surface area contributed by atoms with Crippen molar-refractivity contribution in [2.75, 3.05) is 26.7 Å². The van der Waals surface area contributed by atoms with E-state index < -0.39 is 0 Å².